The number of aromatic carboxylic acids is 1. The van der Waals surface area contributed by atoms with Crippen molar-refractivity contribution >= 4 is 11.6 Å². The fraction of sp³-hybridized carbons (Fsp3) is 0.429. The van der Waals surface area contributed by atoms with Crippen LogP contribution in [-0.4, -0.2) is 20.5 Å². The zero-order valence-electron chi connectivity index (χ0n) is 11.2. The fourth-order valence-corrected chi connectivity index (χ4v) is 2.13. The summed E-state index contributed by atoms with van der Waals surface area (Å²) in [5.74, 6) is -0.930. The number of fused-ring (bicyclic) bond motifs is 1. The van der Waals surface area contributed by atoms with Crippen LogP contribution in [0.2, 0.25) is 0 Å². The lowest BCUT2D eigenvalue weighted by atomic mass is 9.91. The Balaban J connectivity index is 2.87. The largest absolute Gasteiger partial charge is 0.477 e. The smallest absolute Gasteiger partial charge is 0.354 e. The monoisotopic (exact) mass is 246 g/mol. The predicted molar refractivity (Wildman–Crippen MR) is 70.2 cm³/mol. The third-order valence-electron chi connectivity index (χ3n) is 3.02. The normalized spacial score (nSPS) is 12.0. The maximum atomic E-state index is 11.5. The van der Waals surface area contributed by atoms with E-state index in [2.05, 4.69) is 4.98 Å². The summed E-state index contributed by atoms with van der Waals surface area (Å²) in [6.45, 7) is 7.98. The lowest BCUT2D eigenvalue weighted by molar-refractivity contribution is 0.0686. The zero-order chi connectivity index (χ0) is 13.5. The number of pyridine rings is 1. The maximum absolute atomic E-state index is 11.5. The van der Waals surface area contributed by atoms with Crippen LogP contribution in [0.5, 0.6) is 0 Å². The minimum atomic E-state index is -0.930. The van der Waals surface area contributed by atoms with Crippen LogP contribution in [0.3, 0.4) is 0 Å². The van der Waals surface area contributed by atoms with E-state index in [1.54, 1.807) is 10.6 Å². The summed E-state index contributed by atoms with van der Waals surface area (Å²) >= 11 is 0. The van der Waals surface area contributed by atoms with Gasteiger partial charge in [-0.3, -0.25) is 4.40 Å². The van der Waals surface area contributed by atoms with E-state index in [1.807, 2.05) is 39.8 Å². The summed E-state index contributed by atoms with van der Waals surface area (Å²) in [5, 5.41) is 9.42. The molecule has 2 rings (SSSR count). The van der Waals surface area contributed by atoms with Gasteiger partial charge < -0.3 is 5.11 Å². The number of rotatable bonds is 2. The molecule has 0 amide bonds. The molecule has 18 heavy (non-hydrogen) atoms. The van der Waals surface area contributed by atoms with E-state index < -0.39 is 5.97 Å². The molecule has 0 spiro atoms. The average Bonchev–Trinajstić information content (AvgIpc) is 2.67. The molecule has 2 aromatic rings. The average molecular weight is 246 g/mol. The van der Waals surface area contributed by atoms with Gasteiger partial charge in [-0.15, -0.1) is 0 Å². The Hall–Kier alpha value is -1.84. The van der Waals surface area contributed by atoms with Gasteiger partial charge in [0.05, 0.1) is 5.69 Å². The molecule has 0 radical (unpaired) electrons. The van der Waals surface area contributed by atoms with Crippen LogP contribution < -0.4 is 0 Å². The van der Waals surface area contributed by atoms with Crippen molar-refractivity contribution in [2.45, 2.75) is 39.5 Å². The molecule has 2 heterocycles. The third-order valence-corrected chi connectivity index (χ3v) is 3.02. The van der Waals surface area contributed by atoms with E-state index in [9.17, 15) is 9.90 Å². The zero-order valence-corrected chi connectivity index (χ0v) is 11.2. The number of hydrogen-bond donors (Lipinski definition) is 1. The van der Waals surface area contributed by atoms with Gasteiger partial charge in [-0.1, -0.05) is 33.8 Å². The molecule has 0 unspecified atom stereocenters. The number of nitrogens with zero attached hydrogens (tertiary/aromatic N) is 2. The standard InChI is InChI=1S/C14H18N2O2/c1-5-9-7-6-8-16-10(13(17)18)11(14(2,3)4)15-12(9)16/h6-8H,5H2,1-4H3,(H,17,18). The van der Waals surface area contributed by atoms with Crippen molar-refractivity contribution in [1.29, 1.82) is 0 Å². The van der Waals surface area contributed by atoms with Gasteiger partial charge in [0.1, 0.15) is 5.65 Å². The first-order valence-corrected chi connectivity index (χ1v) is 6.10. The van der Waals surface area contributed by atoms with Gasteiger partial charge >= 0.3 is 5.97 Å². The van der Waals surface area contributed by atoms with Crippen LogP contribution in [0, 0.1) is 0 Å². The molecule has 4 nitrogen and oxygen atoms in total. The highest BCUT2D eigenvalue weighted by molar-refractivity contribution is 5.89. The van der Waals surface area contributed by atoms with Crippen LogP contribution >= 0.6 is 0 Å². The molecule has 0 aliphatic carbocycles. The summed E-state index contributed by atoms with van der Waals surface area (Å²) in [6.07, 6.45) is 2.60. The molecule has 1 N–H and O–H groups in total. The number of carbonyl (C=O) groups is 1. The van der Waals surface area contributed by atoms with Crippen LogP contribution in [0.1, 0.15) is 49.4 Å². The molecule has 4 heteroatoms. The number of carboxylic acids is 1. The van der Waals surface area contributed by atoms with Gasteiger partial charge in [0, 0.05) is 11.6 Å². The predicted octanol–water partition coefficient (Wildman–Crippen LogP) is 2.89. The summed E-state index contributed by atoms with van der Waals surface area (Å²) < 4.78 is 1.68. The van der Waals surface area contributed by atoms with Gasteiger partial charge in [-0.05, 0) is 18.1 Å². The topological polar surface area (TPSA) is 54.6 Å². The molecule has 0 fully saturated rings. The Labute approximate surface area is 106 Å². The Bertz CT molecular complexity index is 606. The minimum absolute atomic E-state index is 0.271. The molecule has 0 aromatic carbocycles. The fourth-order valence-electron chi connectivity index (χ4n) is 2.13. The molecule has 0 aliphatic heterocycles. The highest BCUT2D eigenvalue weighted by Crippen LogP contribution is 2.27. The summed E-state index contributed by atoms with van der Waals surface area (Å²) in [4.78, 5) is 16.0. The van der Waals surface area contributed by atoms with E-state index in [4.69, 9.17) is 0 Å². The van der Waals surface area contributed by atoms with Gasteiger partial charge in [-0.2, -0.15) is 0 Å². The lowest BCUT2D eigenvalue weighted by Gasteiger charge is -2.16. The highest BCUT2D eigenvalue weighted by atomic mass is 16.4. The summed E-state index contributed by atoms with van der Waals surface area (Å²) in [7, 11) is 0. The first-order valence-electron chi connectivity index (χ1n) is 6.10. The van der Waals surface area contributed by atoms with E-state index in [0.29, 0.717) is 5.69 Å². The van der Waals surface area contributed by atoms with E-state index >= 15 is 0 Å². The van der Waals surface area contributed by atoms with Gasteiger partial charge in [-0.25, -0.2) is 9.78 Å². The van der Waals surface area contributed by atoms with Crippen LogP contribution in [0.15, 0.2) is 18.3 Å². The molecular formula is C14H18N2O2. The first-order chi connectivity index (χ1) is 8.36. The van der Waals surface area contributed by atoms with E-state index in [-0.39, 0.29) is 11.1 Å². The second-order valence-electron chi connectivity index (χ2n) is 5.44. The van der Waals surface area contributed by atoms with Crippen LogP contribution in [-0.2, 0) is 11.8 Å². The summed E-state index contributed by atoms with van der Waals surface area (Å²) in [5.41, 5.74) is 2.44. The quantitative estimate of drug-likeness (QED) is 0.886. The van der Waals surface area contributed by atoms with Crippen molar-refractivity contribution in [1.82, 2.24) is 9.38 Å². The Morgan fingerprint density at radius 1 is 1.44 bits per heavy atom. The Morgan fingerprint density at radius 2 is 2.11 bits per heavy atom. The van der Waals surface area contributed by atoms with Crippen LogP contribution in [0.25, 0.3) is 5.65 Å². The first kappa shape index (κ1) is 12.6. The molecule has 0 atom stereocenters. The van der Waals surface area contributed by atoms with Gasteiger partial charge in [0.15, 0.2) is 5.69 Å². The SMILES string of the molecule is CCc1cccn2c(C(=O)O)c(C(C)(C)C)nc12. The second-order valence-corrected chi connectivity index (χ2v) is 5.44. The number of hydrogen-bond acceptors (Lipinski definition) is 2. The maximum Gasteiger partial charge on any atom is 0.354 e. The second kappa shape index (κ2) is 4.12. The van der Waals surface area contributed by atoms with Crippen molar-refractivity contribution in [3.8, 4) is 0 Å². The third kappa shape index (κ3) is 1.88. The molecular weight excluding hydrogens is 228 g/mol. The van der Waals surface area contributed by atoms with E-state index in [0.717, 1.165) is 17.6 Å². The van der Waals surface area contributed by atoms with Crippen LogP contribution in [0.4, 0.5) is 0 Å². The lowest BCUT2D eigenvalue weighted by Crippen LogP contribution is -2.17. The molecule has 2 aromatic heterocycles. The molecule has 0 saturated carbocycles. The molecule has 0 bridgehead atoms. The van der Waals surface area contributed by atoms with Crippen molar-refractivity contribution in [2.75, 3.05) is 0 Å². The molecule has 0 saturated heterocycles. The van der Waals surface area contributed by atoms with Crippen molar-refractivity contribution in [3.05, 3.63) is 35.3 Å². The number of aryl methyl sites for hydroxylation is 1. The summed E-state index contributed by atoms with van der Waals surface area (Å²) in [6, 6.07) is 3.85. The van der Waals surface area contributed by atoms with E-state index in [1.165, 1.54) is 0 Å². The number of aromatic nitrogens is 2. The molecule has 96 valence electrons. The van der Waals surface area contributed by atoms with Gasteiger partial charge in [0.25, 0.3) is 0 Å². The van der Waals surface area contributed by atoms with Gasteiger partial charge in [0.2, 0.25) is 0 Å². The van der Waals surface area contributed by atoms with Crippen molar-refractivity contribution < 1.29 is 9.90 Å². The van der Waals surface area contributed by atoms with Crippen molar-refractivity contribution in [2.24, 2.45) is 0 Å². The molecule has 0 aliphatic rings. The Kier molecular flexibility index (Phi) is 2.89. The highest BCUT2D eigenvalue weighted by Gasteiger charge is 2.28. The number of carboxylic acid groups (broad SMARTS) is 1. The number of imidazole rings is 1. The Morgan fingerprint density at radius 3 is 2.61 bits per heavy atom. The van der Waals surface area contributed by atoms with Crippen molar-refractivity contribution in [3.63, 3.8) is 0 Å². The minimum Gasteiger partial charge on any atom is -0.477 e.